The van der Waals surface area contributed by atoms with Crippen LogP contribution in [0.4, 0.5) is 17.1 Å². The molecule has 1 atom stereocenters. The SMILES string of the molecule is c1ccc(N(c2ccccc2)c2ccc3c4c2Oc2ccccc2C4(c2ccccc2)c2ccccc2O3)cc1. The molecule has 3 nitrogen and oxygen atoms in total. The molecule has 2 aliphatic rings. The molecule has 190 valence electrons. The van der Waals surface area contributed by atoms with E-state index in [1.807, 2.05) is 24.3 Å². The molecule has 40 heavy (non-hydrogen) atoms. The van der Waals surface area contributed by atoms with Crippen molar-refractivity contribution >= 4 is 17.1 Å². The van der Waals surface area contributed by atoms with Gasteiger partial charge in [-0.2, -0.15) is 0 Å². The third kappa shape index (κ3) is 3.18. The minimum atomic E-state index is -0.620. The quantitative estimate of drug-likeness (QED) is 0.233. The summed E-state index contributed by atoms with van der Waals surface area (Å²) in [6.07, 6.45) is 0. The molecule has 0 aromatic heterocycles. The van der Waals surface area contributed by atoms with Crippen molar-refractivity contribution in [1.82, 2.24) is 0 Å². The number of rotatable bonds is 4. The van der Waals surface area contributed by atoms with Gasteiger partial charge < -0.3 is 14.4 Å². The molecular weight excluding hydrogens is 490 g/mol. The van der Waals surface area contributed by atoms with Crippen LogP contribution in [-0.4, -0.2) is 0 Å². The Kier molecular flexibility index (Phi) is 5.04. The van der Waals surface area contributed by atoms with Gasteiger partial charge in [0.1, 0.15) is 17.2 Å². The van der Waals surface area contributed by atoms with Crippen LogP contribution in [0.3, 0.4) is 0 Å². The zero-order valence-corrected chi connectivity index (χ0v) is 21.7. The van der Waals surface area contributed by atoms with E-state index < -0.39 is 5.41 Å². The average Bonchev–Trinajstić information content (AvgIpc) is 3.03. The van der Waals surface area contributed by atoms with Gasteiger partial charge in [-0.15, -0.1) is 0 Å². The van der Waals surface area contributed by atoms with Gasteiger partial charge >= 0.3 is 0 Å². The van der Waals surface area contributed by atoms with Crippen LogP contribution in [0.25, 0.3) is 0 Å². The molecule has 6 aromatic rings. The summed E-state index contributed by atoms with van der Waals surface area (Å²) < 4.78 is 13.6. The van der Waals surface area contributed by atoms with Crippen molar-refractivity contribution in [2.24, 2.45) is 0 Å². The fourth-order valence-corrected chi connectivity index (χ4v) is 6.37. The number of nitrogens with zero attached hydrogens (tertiary/aromatic N) is 1. The molecule has 2 heterocycles. The van der Waals surface area contributed by atoms with Crippen LogP contribution in [0.15, 0.2) is 152 Å². The molecular formula is C37H25NO2. The highest BCUT2D eigenvalue weighted by molar-refractivity contribution is 5.87. The summed E-state index contributed by atoms with van der Waals surface area (Å²) in [6.45, 7) is 0. The summed E-state index contributed by atoms with van der Waals surface area (Å²) in [5.41, 5.74) is 6.84. The number of hydrogen-bond donors (Lipinski definition) is 0. The van der Waals surface area contributed by atoms with E-state index >= 15 is 0 Å². The summed E-state index contributed by atoms with van der Waals surface area (Å²) in [5, 5.41) is 0. The van der Waals surface area contributed by atoms with E-state index in [0.29, 0.717) is 0 Å². The Balaban J connectivity index is 1.51. The summed E-state index contributed by atoms with van der Waals surface area (Å²) in [7, 11) is 0. The monoisotopic (exact) mass is 515 g/mol. The first-order valence-electron chi connectivity index (χ1n) is 13.5. The second kappa shape index (κ2) is 8.89. The van der Waals surface area contributed by atoms with Gasteiger partial charge in [-0.25, -0.2) is 0 Å². The van der Waals surface area contributed by atoms with Crippen molar-refractivity contribution in [2.75, 3.05) is 4.90 Å². The van der Waals surface area contributed by atoms with Crippen LogP contribution >= 0.6 is 0 Å². The maximum absolute atomic E-state index is 6.92. The summed E-state index contributed by atoms with van der Waals surface area (Å²) >= 11 is 0. The highest BCUT2D eigenvalue weighted by atomic mass is 16.5. The van der Waals surface area contributed by atoms with Gasteiger partial charge in [-0.3, -0.25) is 0 Å². The normalized spacial score (nSPS) is 16.0. The van der Waals surface area contributed by atoms with Crippen molar-refractivity contribution in [1.29, 1.82) is 0 Å². The van der Waals surface area contributed by atoms with E-state index in [-0.39, 0.29) is 0 Å². The number of hydrogen-bond acceptors (Lipinski definition) is 3. The smallest absolute Gasteiger partial charge is 0.159 e. The highest BCUT2D eigenvalue weighted by Gasteiger charge is 2.52. The Labute approximate surface area is 233 Å². The predicted molar refractivity (Wildman–Crippen MR) is 160 cm³/mol. The Hall–Kier alpha value is -5.28. The fourth-order valence-electron chi connectivity index (χ4n) is 6.37. The maximum Gasteiger partial charge on any atom is 0.159 e. The molecule has 0 saturated heterocycles. The van der Waals surface area contributed by atoms with Crippen LogP contribution in [0.1, 0.15) is 22.3 Å². The van der Waals surface area contributed by atoms with Gasteiger partial charge in [0.05, 0.1) is 16.7 Å². The molecule has 3 heteroatoms. The largest absolute Gasteiger partial charge is 0.457 e. The van der Waals surface area contributed by atoms with Crippen LogP contribution < -0.4 is 14.4 Å². The molecule has 0 fully saturated rings. The average molecular weight is 516 g/mol. The van der Waals surface area contributed by atoms with E-state index in [1.54, 1.807) is 0 Å². The zero-order chi connectivity index (χ0) is 26.5. The summed E-state index contributed by atoms with van der Waals surface area (Å²) in [5.74, 6) is 3.30. The molecule has 0 aliphatic carbocycles. The van der Waals surface area contributed by atoms with E-state index in [9.17, 15) is 0 Å². The number of ether oxygens (including phenoxy) is 2. The molecule has 8 rings (SSSR count). The lowest BCUT2D eigenvalue weighted by Crippen LogP contribution is -2.37. The third-order valence-corrected chi connectivity index (χ3v) is 7.96. The lowest BCUT2D eigenvalue weighted by atomic mass is 9.62. The van der Waals surface area contributed by atoms with Crippen LogP contribution in [-0.2, 0) is 5.41 Å². The van der Waals surface area contributed by atoms with E-state index in [2.05, 4.69) is 132 Å². The van der Waals surface area contributed by atoms with Crippen LogP contribution in [0, 0.1) is 0 Å². The Morgan fingerprint density at radius 2 is 0.925 bits per heavy atom. The van der Waals surface area contributed by atoms with Crippen LogP contribution in [0.5, 0.6) is 23.0 Å². The van der Waals surface area contributed by atoms with Crippen molar-refractivity contribution in [3.63, 3.8) is 0 Å². The summed E-state index contributed by atoms with van der Waals surface area (Å²) in [6, 6.07) is 52.6. The lowest BCUT2D eigenvalue weighted by molar-refractivity contribution is 0.386. The van der Waals surface area contributed by atoms with Gasteiger partial charge in [-0.05, 0) is 54.1 Å². The van der Waals surface area contributed by atoms with Crippen molar-refractivity contribution < 1.29 is 9.47 Å². The molecule has 0 N–H and O–H groups in total. The first-order chi connectivity index (χ1) is 19.9. The minimum Gasteiger partial charge on any atom is -0.457 e. The van der Waals surface area contributed by atoms with Gasteiger partial charge in [-0.1, -0.05) is 103 Å². The van der Waals surface area contributed by atoms with Gasteiger partial charge in [0, 0.05) is 22.5 Å². The molecule has 1 unspecified atom stereocenters. The molecule has 0 saturated carbocycles. The Bertz CT molecular complexity index is 1800. The standard InChI is InChI=1S/C37H25NO2/c1-4-14-26(15-5-1)37-29-20-10-12-22-32(29)39-34-25-24-31(36(35(34)37)40-33-23-13-11-21-30(33)37)38(27-16-6-2-7-17-27)28-18-8-3-9-19-28/h1-25H. The van der Waals surface area contributed by atoms with Crippen LogP contribution in [0.2, 0.25) is 0 Å². The molecule has 2 aliphatic heterocycles. The second-order valence-corrected chi connectivity index (χ2v) is 10.1. The third-order valence-electron chi connectivity index (χ3n) is 7.96. The second-order valence-electron chi connectivity index (χ2n) is 10.1. The Morgan fingerprint density at radius 1 is 0.425 bits per heavy atom. The van der Waals surface area contributed by atoms with E-state index in [4.69, 9.17) is 9.47 Å². The fraction of sp³-hybridized carbons (Fsp3) is 0.0270. The van der Waals surface area contributed by atoms with Gasteiger partial charge in [0.2, 0.25) is 0 Å². The van der Waals surface area contributed by atoms with Crippen molar-refractivity contribution in [3.05, 3.63) is 174 Å². The van der Waals surface area contributed by atoms with E-state index in [0.717, 1.165) is 56.8 Å². The topological polar surface area (TPSA) is 21.7 Å². The lowest BCUT2D eigenvalue weighted by Gasteiger charge is -2.46. The highest BCUT2D eigenvalue weighted by Crippen LogP contribution is 2.64. The van der Waals surface area contributed by atoms with Crippen molar-refractivity contribution in [3.8, 4) is 23.0 Å². The van der Waals surface area contributed by atoms with Gasteiger partial charge in [0.25, 0.3) is 0 Å². The minimum absolute atomic E-state index is 0.620. The molecule has 0 amide bonds. The first kappa shape index (κ1) is 22.7. The maximum atomic E-state index is 6.92. The van der Waals surface area contributed by atoms with Crippen molar-refractivity contribution in [2.45, 2.75) is 5.41 Å². The molecule has 6 aromatic carbocycles. The number of fused-ring (bicyclic) bond motifs is 4. The first-order valence-corrected chi connectivity index (χ1v) is 13.5. The molecule has 0 bridgehead atoms. The van der Waals surface area contributed by atoms with E-state index in [1.165, 1.54) is 5.56 Å². The zero-order valence-electron chi connectivity index (χ0n) is 21.7. The summed E-state index contributed by atoms with van der Waals surface area (Å²) in [4.78, 5) is 2.26. The van der Waals surface area contributed by atoms with Gasteiger partial charge in [0.15, 0.2) is 5.75 Å². The predicted octanol–water partition coefficient (Wildman–Crippen LogP) is 9.75. The Morgan fingerprint density at radius 3 is 1.52 bits per heavy atom. The molecule has 0 radical (unpaired) electrons. The number of para-hydroxylation sites is 4. The number of anilines is 3. The molecule has 0 spiro atoms. The number of benzene rings is 6.